The van der Waals surface area contributed by atoms with Crippen molar-refractivity contribution in [1.82, 2.24) is 0 Å². The fraction of sp³-hybridized carbons (Fsp3) is 0.120. The third-order valence-electron chi connectivity index (χ3n) is 11.8. The third kappa shape index (κ3) is 4.28. The Bertz CT molecular complexity index is 2690. The maximum absolute atomic E-state index is 2.47. The Morgan fingerprint density at radius 2 is 0.902 bits per heavy atom. The Labute approximate surface area is 300 Å². The number of fused-ring (bicyclic) bond motifs is 6. The van der Waals surface area contributed by atoms with E-state index in [2.05, 4.69) is 196 Å². The molecule has 10 rings (SSSR count). The molecular weight excluding hydrogens is 615 g/mol. The van der Waals surface area contributed by atoms with E-state index in [9.17, 15) is 0 Å². The van der Waals surface area contributed by atoms with Gasteiger partial charge in [-0.3, -0.25) is 0 Å². The first kappa shape index (κ1) is 29.9. The Morgan fingerprint density at radius 1 is 0.353 bits per heavy atom. The minimum absolute atomic E-state index is 0.0808. The summed E-state index contributed by atoms with van der Waals surface area (Å²) in [5.41, 5.74) is 16.6. The van der Waals surface area contributed by atoms with Gasteiger partial charge >= 0.3 is 0 Å². The van der Waals surface area contributed by atoms with Crippen LogP contribution in [0.1, 0.15) is 49.9 Å². The SMILES string of the molecule is CC1(C)c2ccccc2-c2ccc(N(c3ccccc3)c3ccc4c(c3)C(C)(C)c3cccc5ccc(-c6cccc7ccccc67)c-4c35)cc21. The van der Waals surface area contributed by atoms with E-state index >= 15 is 0 Å². The lowest BCUT2D eigenvalue weighted by atomic mass is 9.67. The number of anilines is 3. The Kier molecular flexibility index (Phi) is 6.34. The molecule has 0 fully saturated rings. The van der Waals surface area contributed by atoms with E-state index in [-0.39, 0.29) is 10.8 Å². The van der Waals surface area contributed by atoms with Crippen LogP contribution in [0.25, 0.3) is 54.9 Å². The van der Waals surface area contributed by atoms with Gasteiger partial charge in [0.1, 0.15) is 0 Å². The molecule has 0 unspecified atom stereocenters. The summed E-state index contributed by atoms with van der Waals surface area (Å²) in [6.07, 6.45) is 0. The topological polar surface area (TPSA) is 3.24 Å². The van der Waals surface area contributed by atoms with Crippen molar-refractivity contribution in [2.24, 2.45) is 0 Å². The van der Waals surface area contributed by atoms with Crippen molar-refractivity contribution in [2.45, 2.75) is 38.5 Å². The van der Waals surface area contributed by atoms with Crippen LogP contribution in [0.5, 0.6) is 0 Å². The number of hydrogen-bond donors (Lipinski definition) is 0. The molecule has 0 aromatic heterocycles. The average Bonchev–Trinajstić information content (AvgIpc) is 3.39. The zero-order valence-corrected chi connectivity index (χ0v) is 29.5. The summed E-state index contributed by atoms with van der Waals surface area (Å²) >= 11 is 0. The number of benzene rings is 8. The molecule has 0 amide bonds. The normalized spacial score (nSPS) is 14.6. The van der Waals surface area contributed by atoms with E-state index in [1.54, 1.807) is 0 Å². The lowest BCUT2D eigenvalue weighted by Crippen LogP contribution is -2.24. The van der Waals surface area contributed by atoms with Crippen molar-refractivity contribution >= 4 is 38.6 Å². The van der Waals surface area contributed by atoms with Gasteiger partial charge in [-0.05, 0) is 114 Å². The second-order valence-electron chi connectivity index (χ2n) is 15.3. The van der Waals surface area contributed by atoms with Crippen LogP contribution in [0.15, 0.2) is 164 Å². The molecule has 0 aliphatic heterocycles. The zero-order chi connectivity index (χ0) is 34.5. The van der Waals surface area contributed by atoms with E-state index in [1.807, 2.05) is 0 Å². The van der Waals surface area contributed by atoms with Crippen molar-refractivity contribution in [3.8, 4) is 33.4 Å². The van der Waals surface area contributed by atoms with Gasteiger partial charge in [0, 0.05) is 27.9 Å². The fourth-order valence-corrected chi connectivity index (χ4v) is 9.27. The molecule has 0 heterocycles. The molecular formula is C50H39N. The van der Waals surface area contributed by atoms with Crippen LogP contribution in [0, 0.1) is 0 Å². The molecule has 0 saturated carbocycles. The lowest BCUT2D eigenvalue weighted by molar-refractivity contribution is 0.645. The van der Waals surface area contributed by atoms with Gasteiger partial charge in [0.2, 0.25) is 0 Å². The first-order valence-electron chi connectivity index (χ1n) is 18.1. The van der Waals surface area contributed by atoms with Crippen molar-refractivity contribution in [3.05, 3.63) is 186 Å². The highest BCUT2D eigenvalue weighted by Crippen LogP contribution is 2.55. The molecule has 0 atom stereocenters. The molecule has 0 saturated heterocycles. The van der Waals surface area contributed by atoms with Crippen molar-refractivity contribution in [3.63, 3.8) is 0 Å². The van der Waals surface area contributed by atoms with Crippen molar-refractivity contribution < 1.29 is 0 Å². The van der Waals surface area contributed by atoms with Crippen LogP contribution >= 0.6 is 0 Å². The quantitative estimate of drug-likeness (QED) is 0.183. The smallest absolute Gasteiger partial charge is 0.0465 e. The number of nitrogens with zero attached hydrogens (tertiary/aromatic N) is 1. The maximum Gasteiger partial charge on any atom is 0.0465 e. The maximum atomic E-state index is 2.47. The molecule has 244 valence electrons. The van der Waals surface area contributed by atoms with Gasteiger partial charge in [0.15, 0.2) is 0 Å². The standard InChI is InChI=1S/C50H39N/c1-49(2)43-22-11-10-20-39(43)40-28-25-35(30-45(40)49)51(34-17-6-5-7-18-34)36-26-29-42-46(31-36)50(3,4)44-23-13-16-33-24-27-41(48(42)47(33)44)38-21-12-15-32-14-8-9-19-37(32)38/h5-31H,1-4H3. The summed E-state index contributed by atoms with van der Waals surface area (Å²) in [7, 11) is 0. The number of rotatable bonds is 4. The molecule has 8 aromatic carbocycles. The Hall–Kier alpha value is -5.92. The Balaban J connectivity index is 1.21. The highest BCUT2D eigenvalue weighted by molar-refractivity contribution is 6.12. The third-order valence-corrected chi connectivity index (χ3v) is 11.8. The highest BCUT2D eigenvalue weighted by Gasteiger charge is 2.37. The highest BCUT2D eigenvalue weighted by atomic mass is 15.1. The van der Waals surface area contributed by atoms with Crippen LogP contribution in [0.4, 0.5) is 17.1 Å². The molecule has 51 heavy (non-hydrogen) atoms. The van der Waals surface area contributed by atoms with Gasteiger partial charge in [-0.2, -0.15) is 0 Å². The predicted octanol–water partition coefficient (Wildman–Crippen LogP) is 13.7. The summed E-state index contributed by atoms with van der Waals surface area (Å²) < 4.78 is 0. The van der Waals surface area contributed by atoms with Crippen LogP contribution in [0.3, 0.4) is 0 Å². The zero-order valence-electron chi connectivity index (χ0n) is 29.5. The van der Waals surface area contributed by atoms with E-state index in [0.717, 1.165) is 5.69 Å². The molecule has 0 N–H and O–H groups in total. The first-order valence-corrected chi connectivity index (χ1v) is 18.1. The van der Waals surface area contributed by atoms with E-state index in [4.69, 9.17) is 0 Å². The second-order valence-corrected chi connectivity index (χ2v) is 15.3. The molecule has 2 aliphatic rings. The fourth-order valence-electron chi connectivity index (χ4n) is 9.27. The first-order chi connectivity index (χ1) is 24.8. The van der Waals surface area contributed by atoms with Crippen molar-refractivity contribution in [1.29, 1.82) is 0 Å². The van der Waals surface area contributed by atoms with E-state index < -0.39 is 0 Å². The molecule has 1 nitrogen and oxygen atoms in total. The predicted molar refractivity (Wildman–Crippen MR) is 217 cm³/mol. The molecule has 2 aliphatic carbocycles. The summed E-state index contributed by atoms with van der Waals surface area (Å²) in [5, 5.41) is 5.21. The van der Waals surface area contributed by atoms with Gasteiger partial charge in [-0.15, -0.1) is 0 Å². The average molecular weight is 654 g/mol. The van der Waals surface area contributed by atoms with Gasteiger partial charge in [-0.25, -0.2) is 0 Å². The van der Waals surface area contributed by atoms with Gasteiger partial charge in [0.25, 0.3) is 0 Å². The summed E-state index contributed by atoms with van der Waals surface area (Å²) in [5.74, 6) is 0. The number of hydrogen-bond acceptors (Lipinski definition) is 1. The summed E-state index contributed by atoms with van der Waals surface area (Å²) in [6.45, 7) is 9.53. The van der Waals surface area contributed by atoms with Gasteiger partial charge in [0.05, 0.1) is 0 Å². The van der Waals surface area contributed by atoms with E-state index in [0.29, 0.717) is 0 Å². The van der Waals surface area contributed by atoms with Gasteiger partial charge in [-0.1, -0.05) is 155 Å². The molecule has 1 heteroatoms. The largest absolute Gasteiger partial charge is 0.310 e. The Morgan fingerprint density at radius 3 is 1.73 bits per heavy atom. The number of para-hydroxylation sites is 1. The lowest BCUT2D eigenvalue weighted by Gasteiger charge is -2.37. The molecule has 8 aromatic rings. The van der Waals surface area contributed by atoms with Crippen LogP contribution in [0.2, 0.25) is 0 Å². The monoisotopic (exact) mass is 653 g/mol. The molecule has 0 spiro atoms. The van der Waals surface area contributed by atoms with Gasteiger partial charge < -0.3 is 4.90 Å². The minimum atomic E-state index is -0.209. The molecule has 0 radical (unpaired) electrons. The summed E-state index contributed by atoms with van der Waals surface area (Å²) in [4.78, 5) is 2.45. The minimum Gasteiger partial charge on any atom is -0.310 e. The second kappa shape index (κ2) is 10.8. The summed E-state index contributed by atoms with van der Waals surface area (Å²) in [6, 6.07) is 61.0. The van der Waals surface area contributed by atoms with Crippen LogP contribution in [-0.4, -0.2) is 0 Å². The molecule has 0 bridgehead atoms. The van der Waals surface area contributed by atoms with Crippen LogP contribution < -0.4 is 4.90 Å². The van der Waals surface area contributed by atoms with Crippen LogP contribution in [-0.2, 0) is 10.8 Å². The van der Waals surface area contributed by atoms with E-state index in [1.165, 1.54) is 88.6 Å². The van der Waals surface area contributed by atoms with Crippen molar-refractivity contribution in [2.75, 3.05) is 4.90 Å².